The molecule has 0 spiro atoms. The molecule has 18 heavy (non-hydrogen) atoms. The van der Waals surface area contributed by atoms with Crippen LogP contribution in [0.15, 0.2) is 0 Å². The monoisotopic (exact) mass is 255 g/mol. The molecule has 2 N–H and O–H groups in total. The topological polar surface area (TPSA) is 44.4 Å². The van der Waals surface area contributed by atoms with E-state index in [0.29, 0.717) is 19.1 Å². The lowest BCUT2D eigenvalue weighted by molar-refractivity contribution is 0.0566. The Balaban J connectivity index is 2.53. The quantitative estimate of drug-likeness (QED) is 0.809. The highest BCUT2D eigenvalue weighted by molar-refractivity contribution is 5.74. The van der Waals surface area contributed by atoms with Gasteiger partial charge in [-0.05, 0) is 16.7 Å². The number of carbonyl (C=O) groups is 1. The molecule has 4 heteroatoms. The van der Waals surface area contributed by atoms with E-state index in [1.807, 2.05) is 4.90 Å². The molecule has 0 atom stereocenters. The minimum atomic E-state index is 0.0487. The third-order valence-corrected chi connectivity index (χ3v) is 5.02. The predicted octanol–water partition coefficient (Wildman–Crippen LogP) is 2.27. The zero-order valence-electron chi connectivity index (χ0n) is 12.8. The first-order valence-corrected chi connectivity index (χ1v) is 6.92. The van der Waals surface area contributed by atoms with Crippen LogP contribution < -0.4 is 10.6 Å². The van der Waals surface area contributed by atoms with Gasteiger partial charge in [-0.3, -0.25) is 5.32 Å². The molecule has 0 aromatic heterocycles. The highest BCUT2D eigenvalue weighted by Crippen LogP contribution is 2.43. The van der Waals surface area contributed by atoms with Gasteiger partial charge >= 0.3 is 6.03 Å². The van der Waals surface area contributed by atoms with Crippen molar-refractivity contribution >= 4 is 6.03 Å². The maximum absolute atomic E-state index is 12.0. The van der Waals surface area contributed by atoms with Gasteiger partial charge in [-0.15, -0.1) is 0 Å². The van der Waals surface area contributed by atoms with Gasteiger partial charge < -0.3 is 10.2 Å². The summed E-state index contributed by atoms with van der Waals surface area (Å²) in [5, 5.41) is 6.24. The second-order valence-electron chi connectivity index (χ2n) is 6.84. The molecule has 1 aliphatic heterocycles. The SMILES string of the molecule is CC(C)C(C)(C)C(C)(C)CNC(=O)N1CCNC1. The Bertz CT molecular complexity index is 291. The number of urea groups is 1. The average Bonchev–Trinajstić information content (AvgIpc) is 2.78. The largest absolute Gasteiger partial charge is 0.337 e. The first-order chi connectivity index (χ1) is 8.18. The summed E-state index contributed by atoms with van der Waals surface area (Å²) >= 11 is 0. The average molecular weight is 255 g/mol. The van der Waals surface area contributed by atoms with Crippen LogP contribution in [0, 0.1) is 16.7 Å². The summed E-state index contributed by atoms with van der Waals surface area (Å²) in [6.07, 6.45) is 0. The first kappa shape index (κ1) is 15.3. The van der Waals surface area contributed by atoms with Gasteiger partial charge in [0.25, 0.3) is 0 Å². The fourth-order valence-corrected chi connectivity index (χ4v) is 2.10. The van der Waals surface area contributed by atoms with E-state index in [0.717, 1.165) is 13.1 Å². The van der Waals surface area contributed by atoms with E-state index in [1.54, 1.807) is 0 Å². The van der Waals surface area contributed by atoms with Crippen molar-refractivity contribution in [3.8, 4) is 0 Å². The first-order valence-electron chi connectivity index (χ1n) is 6.92. The summed E-state index contributed by atoms with van der Waals surface area (Å²) in [5.74, 6) is 0.581. The Morgan fingerprint density at radius 1 is 1.33 bits per heavy atom. The second-order valence-corrected chi connectivity index (χ2v) is 6.84. The van der Waals surface area contributed by atoms with Crippen LogP contribution in [0.25, 0.3) is 0 Å². The molecule has 0 saturated carbocycles. The van der Waals surface area contributed by atoms with E-state index >= 15 is 0 Å². The van der Waals surface area contributed by atoms with E-state index < -0.39 is 0 Å². The lowest BCUT2D eigenvalue weighted by Crippen LogP contribution is -2.48. The Morgan fingerprint density at radius 2 is 1.94 bits per heavy atom. The molecule has 1 heterocycles. The van der Waals surface area contributed by atoms with Gasteiger partial charge in [-0.1, -0.05) is 41.5 Å². The van der Waals surface area contributed by atoms with Crippen LogP contribution in [0.2, 0.25) is 0 Å². The summed E-state index contributed by atoms with van der Waals surface area (Å²) in [6.45, 7) is 16.6. The van der Waals surface area contributed by atoms with Gasteiger partial charge in [0.1, 0.15) is 0 Å². The third kappa shape index (κ3) is 3.16. The van der Waals surface area contributed by atoms with Crippen LogP contribution in [0.3, 0.4) is 0 Å². The Kier molecular flexibility index (Phi) is 4.65. The maximum atomic E-state index is 12.0. The van der Waals surface area contributed by atoms with Crippen molar-refractivity contribution in [2.75, 3.05) is 26.3 Å². The van der Waals surface area contributed by atoms with Crippen LogP contribution in [0.1, 0.15) is 41.5 Å². The molecule has 0 aliphatic carbocycles. The van der Waals surface area contributed by atoms with Gasteiger partial charge in [-0.2, -0.15) is 0 Å². The van der Waals surface area contributed by atoms with E-state index in [4.69, 9.17) is 0 Å². The van der Waals surface area contributed by atoms with Crippen molar-refractivity contribution in [3.63, 3.8) is 0 Å². The van der Waals surface area contributed by atoms with Crippen molar-refractivity contribution in [2.45, 2.75) is 41.5 Å². The molecule has 0 aromatic carbocycles. The molecule has 1 saturated heterocycles. The normalized spacial score (nSPS) is 17.4. The zero-order valence-corrected chi connectivity index (χ0v) is 12.8. The minimum Gasteiger partial charge on any atom is -0.337 e. The number of nitrogens with zero attached hydrogens (tertiary/aromatic N) is 1. The fourth-order valence-electron chi connectivity index (χ4n) is 2.10. The van der Waals surface area contributed by atoms with Gasteiger partial charge in [0.2, 0.25) is 0 Å². The Morgan fingerprint density at radius 3 is 2.39 bits per heavy atom. The Labute approximate surface area is 111 Å². The van der Waals surface area contributed by atoms with Crippen molar-refractivity contribution in [1.82, 2.24) is 15.5 Å². The third-order valence-electron chi connectivity index (χ3n) is 5.02. The lowest BCUT2D eigenvalue weighted by atomic mass is 9.62. The molecule has 1 rings (SSSR count). The maximum Gasteiger partial charge on any atom is 0.318 e. The number of hydrogen-bond acceptors (Lipinski definition) is 2. The molecule has 2 amide bonds. The molecule has 106 valence electrons. The van der Waals surface area contributed by atoms with Crippen molar-refractivity contribution in [3.05, 3.63) is 0 Å². The highest BCUT2D eigenvalue weighted by atomic mass is 16.2. The van der Waals surface area contributed by atoms with E-state index in [-0.39, 0.29) is 16.9 Å². The molecule has 1 aliphatic rings. The number of rotatable bonds is 4. The van der Waals surface area contributed by atoms with Gasteiger partial charge in [0.15, 0.2) is 0 Å². The molecule has 0 radical (unpaired) electrons. The lowest BCUT2D eigenvalue weighted by Gasteiger charge is -2.45. The summed E-state index contributed by atoms with van der Waals surface area (Å²) in [7, 11) is 0. The Hall–Kier alpha value is -0.770. The second kappa shape index (κ2) is 5.47. The molecular formula is C14H29N3O. The van der Waals surface area contributed by atoms with Gasteiger partial charge in [0.05, 0.1) is 6.67 Å². The predicted molar refractivity (Wildman–Crippen MR) is 75.4 cm³/mol. The smallest absolute Gasteiger partial charge is 0.318 e. The van der Waals surface area contributed by atoms with Crippen molar-refractivity contribution in [2.24, 2.45) is 16.7 Å². The summed E-state index contributed by atoms with van der Waals surface area (Å²) in [6, 6.07) is 0.0487. The van der Waals surface area contributed by atoms with Crippen LogP contribution in [-0.2, 0) is 0 Å². The van der Waals surface area contributed by atoms with Crippen LogP contribution >= 0.6 is 0 Å². The number of amides is 2. The summed E-state index contributed by atoms with van der Waals surface area (Å²) < 4.78 is 0. The van der Waals surface area contributed by atoms with Gasteiger partial charge in [-0.25, -0.2) is 4.79 Å². The zero-order chi connectivity index (χ0) is 14.0. The van der Waals surface area contributed by atoms with E-state index in [1.165, 1.54) is 0 Å². The van der Waals surface area contributed by atoms with E-state index in [9.17, 15) is 4.79 Å². The van der Waals surface area contributed by atoms with Crippen LogP contribution in [0.4, 0.5) is 4.79 Å². The number of carbonyl (C=O) groups excluding carboxylic acids is 1. The van der Waals surface area contributed by atoms with E-state index in [2.05, 4.69) is 52.2 Å². The number of nitrogens with one attached hydrogen (secondary N) is 2. The standard InChI is InChI=1S/C14H29N3O/c1-11(2)14(5,6)13(3,4)9-16-12(18)17-8-7-15-10-17/h11,15H,7-10H2,1-6H3,(H,16,18). The molecule has 0 unspecified atom stereocenters. The summed E-state index contributed by atoms with van der Waals surface area (Å²) in [5.41, 5.74) is 0.257. The molecule has 0 bridgehead atoms. The van der Waals surface area contributed by atoms with Crippen molar-refractivity contribution < 1.29 is 4.79 Å². The minimum absolute atomic E-state index is 0.0487. The fraction of sp³-hybridized carbons (Fsp3) is 0.929. The van der Waals surface area contributed by atoms with Crippen LogP contribution in [0.5, 0.6) is 0 Å². The van der Waals surface area contributed by atoms with Crippen LogP contribution in [-0.4, -0.2) is 37.2 Å². The number of hydrogen-bond donors (Lipinski definition) is 2. The molecular weight excluding hydrogens is 226 g/mol. The molecule has 4 nitrogen and oxygen atoms in total. The molecule has 0 aromatic rings. The van der Waals surface area contributed by atoms with Crippen molar-refractivity contribution in [1.29, 1.82) is 0 Å². The molecule has 1 fully saturated rings. The summed E-state index contributed by atoms with van der Waals surface area (Å²) in [4.78, 5) is 13.8. The highest BCUT2D eigenvalue weighted by Gasteiger charge is 2.39. The van der Waals surface area contributed by atoms with Gasteiger partial charge in [0, 0.05) is 19.6 Å².